The summed E-state index contributed by atoms with van der Waals surface area (Å²) in [6.45, 7) is 4.42. The van der Waals surface area contributed by atoms with E-state index in [2.05, 4.69) is 15.6 Å². The zero-order valence-electron chi connectivity index (χ0n) is 21.3. The van der Waals surface area contributed by atoms with Gasteiger partial charge in [-0.25, -0.2) is 18.5 Å². The van der Waals surface area contributed by atoms with E-state index in [1.165, 1.54) is 17.6 Å². The molecule has 10 heteroatoms. The number of hydrogen-bond donors (Lipinski definition) is 1. The van der Waals surface area contributed by atoms with Crippen LogP contribution in [0.15, 0.2) is 88.9 Å². The lowest BCUT2D eigenvalue weighted by Gasteiger charge is -2.17. The summed E-state index contributed by atoms with van der Waals surface area (Å²) in [4.78, 5) is 12.8. The highest BCUT2D eigenvalue weighted by atomic mass is 35.5. The Bertz CT molecular complexity index is 1550. The molecule has 1 N–H and O–H groups in total. The summed E-state index contributed by atoms with van der Waals surface area (Å²) in [5.41, 5.74) is 7.00. The second-order valence-corrected chi connectivity index (χ2v) is 11.3. The van der Waals surface area contributed by atoms with Crippen molar-refractivity contribution < 1.29 is 13.2 Å². The fourth-order valence-electron chi connectivity index (χ4n) is 3.79. The highest BCUT2D eigenvalue weighted by Gasteiger charge is 2.21. The van der Waals surface area contributed by atoms with Crippen LogP contribution in [0.2, 0.25) is 5.15 Å². The molecule has 0 saturated heterocycles. The highest BCUT2D eigenvalue weighted by Crippen LogP contribution is 2.20. The molecule has 0 radical (unpaired) electrons. The van der Waals surface area contributed by atoms with Crippen LogP contribution >= 0.6 is 11.6 Å². The lowest BCUT2D eigenvalue weighted by Crippen LogP contribution is -2.26. The number of amides is 1. The Labute approximate surface area is 227 Å². The van der Waals surface area contributed by atoms with E-state index >= 15 is 0 Å². The molecule has 0 aliphatic carbocycles. The Hall–Kier alpha value is -3.79. The minimum absolute atomic E-state index is 0.168. The Morgan fingerprint density at radius 1 is 1.00 bits per heavy atom. The monoisotopic (exact) mass is 549 g/mol. The predicted octanol–water partition coefficient (Wildman–Crippen LogP) is 4.79. The lowest BCUT2D eigenvalue weighted by molar-refractivity contribution is 0.0955. The van der Waals surface area contributed by atoms with Gasteiger partial charge in [0, 0.05) is 19.2 Å². The Balaban J connectivity index is 1.36. The smallest absolute Gasteiger partial charge is 0.267 e. The summed E-state index contributed by atoms with van der Waals surface area (Å²) >= 11 is 6.50. The number of rotatable bonds is 9. The fraction of sp³-hybridized carbons (Fsp3) is 0.179. The van der Waals surface area contributed by atoms with Gasteiger partial charge in [0.15, 0.2) is 0 Å². The van der Waals surface area contributed by atoms with Crippen LogP contribution < -0.4 is 5.43 Å². The summed E-state index contributed by atoms with van der Waals surface area (Å²) in [5, 5.41) is 8.95. The molecule has 4 aromatic rings. The van der Waals surface area contributed by atoms with Gasteiger partial charge in [-0.1, -0.05) is 71.8 Å². The van der Waals surface area contributed by atoms with Gasteiger partial charge >= 0.3 is 0 Å². The van der Waals surface area contributed by atoms with Gasteiger partial charge in [0.05, 0.1) is 28.9 Å². The Morgan fingerprint density at radius 2 is 1.66 bits per heavy atom. The van der Waals surface area contributed by atoms with E-state index in [4.69, 9.17) is 11.6 Å². The summed E-state index contributed by atoms with van der Waals surface area (Å²) in [6, 6.07) is 23.3. The van der Waals surface area contributed by atoms with Gasteiger partial charge in [0.25, 0.3) is 5.91 Å². The third-order valence-electron chi connectivity index (χ3n) is 5.99. The summed E-state index contributed by atoms with van der Waals surface area (Å²) in [5.74, 6) is -0.404. The van der Waals surface area contributed by atoms with Gasteiger partial charge in [0.1, 0.15) is 5.15 Å². The summed E-state index contributed by atoms with van der Waals surface area (Å²) in [7, 11) is -2.10. The van der Waals surface area contributed by atoms with Crippen molar-refractivity contribution in [1.29, 1.82) is 0 Å². The molecule has 1 heterocycles. The lowest BCUT2D eigenvalue weighted by atomic mass is 10.1. The molecule has 38 heavy (non-hydrogen) atoms. The van der Waals surface area contributed by atoms with Crippen LogP contribution in [0.4, 0.5) is 0 Å². The fourth-order valence-corrected chi connectivity index (χ4v) is 5.23. The quantitative estimate of drug-likeness (QED) is 0.240. The van der Waals surface area contributed by atoms with Crippen LogP contribution in [0.3, 0.4) is 0 Å². The second-order valence-electron chi connectivity index (χ2n) is 8.90. The van der Waals surface area contributed by atoms with E-state index < -0.39 is 15.9 Å². The molecule has 0 aliphatic heterocycles. The van der Waals surface area contributed by atoms with Crippen LogP contribution in [-0.4, -0.2) is 41.7 Å². The molecule has 0 spiro atoms. The van der Waals surface area contributed by atoms with Gasteiger partial charge in [-0.15, -0.1) is 0 Å². The number of sulfonamides is 1. The number of halogens is 1. The average Bonchev–Trinajstić information content (AvgIpc) is 3.17. The van der Waals surface area contributed by atoms with Crippen molar-refractivity contribution >= 4 is 33.7 Å². The van der Waals surface area contributed by atoms with Crippen LogP contribution in [0.25, 0.3) is 0 Å². The SMILES string of the molecule is Cc1ccc(S(=O)(=O)N(C)Cc2ccc(C(=O)N/N=C/c3c(C)nn(Cc4ccccc4)c3Cl)cc2)cc1. The zero-order chi connectivity index (χ0) is 27.3. The molecule has 0 fully saturated rings. The van der Waals surface area contributed by atoms with Crippen molar-refractivity contribution in [3.05, 3.63) is 118 Å². The number of hydrazone groups is 1. The first-order valence-electron chi connectivity index (χ1n) is 11.9. The van der Waals surface area contributed by atoms with Gasteiger partial charge in [-0.2, -0.15) is 14.5 Å². The average molecular weight is 550 g/mol. The Morgan fingerprint density at radius 3 is 2.32 bits per heavy atom. The Kier molecular flexibility index (Phi) is 8.41. The van der Waals surface area contributed by atoms with E-state index in [1.54, 1.807) is 53.2 Å². The number of nitrogens with zero attached hydrogens (tertiary/aromatic N) is 4. The van der Waals surface area contributed by atoms with Crippen molar-refractivity contribution in [2.75, 3.05) is 7.05 Å². The first-order chi connectivity index (χ1) is 18.1. The number of carbonyl (C=O) groups is 1. The maximum absolute atomic E-state index is 12.8. The molecular formula is C28H28ClN5O3S. The number of hydrogen-bond acceptors (Lipinski definition) is 5. The maximum Gasteiger partial charge on any atom is 0.271 e. The standard InChI is InChI=1S/C28H28ClN5O3S/c1-20-9-15-25(16-10-20)38(36,37)33(3)18-23-11-13-24(14-12-23)28(35)31-30-17-26-21(2)32-34(27(26)29)19-22-7-5-4-6-8-22/h4-17H,18-19H2,1-3H3,(H,31,35)/b30-17+. The van der Waals surface area contributed by atoms with Crippen molar-refractivity contribution in [2.24, 2.45) is 5.10 Å². The van der Waals surface area contributed by atoms with Gasteiger partial charge < -0.3 is 0 Å². The van der Waals surface area contributed by atoms with Crippen molar-refractivity contribution in [3.8, 4) is 0 Å². The molecule has 0 atom stereocenters. The summed E-state index contributed by atoms with van der Waals surface area (Å²) < 4.78 is 28.6. The largest absolute Gasteiger partial charge is 0.271 e. The molecule has 0 saturated carbocycles. The molecule has 196 valence electrons. The second kappa shape index (κ2) is 11.7. The van der Waals surface area contributed by atoms with Crippen molar-refractivity contribution in [2.45, 2.75) is 31.8 Å². The molecule has 3 aromatic carbocycles. The number of aromatic nitrogens is 2. The van der Waals surface area contributed by atoms with Gasteiger partial charge in [-0.05, 0) is 49.2 Å². The maximum atomic E-state index is 12.8. The van der Waals surface area contributed by atoms with Crippen LogP contribution in [0.1, 0.15) is 38.3 Å². The third-order valence-corrected chi connectivity index (χ3v) is 8.21. The number of aryl methyl sites for hydroxylation is 2. The summed E-state index contributed by atoms with van der Waals surface area (Å²) in [6.07, 6.45) is 1.48. The first-order valence-corrected chi connectivity index (χ1v) is 13.7. The van der Waals surface area contributed by atoms with E-state index in [0.29, 0.717) is 28.5 Å². The predicted molar refractivity (Wildman–Crippen MR) is 149 cm³/mol. The van der Waals surface area contributed by atoms with E-state index in [0.717, 1.165) is 16.7 Å². The number of nitrogens with one attached hydrogen (secondary N) is 1. The minimum Gasteiger partial charge on any atom is -0.267 e. The minimum atomic E-state index is -3.62. The normalized spacial score (nSPS) is 11.8. The van der Waals surface area contributed by atoms with Crippen molar-refractivity contribution in [1.82, 2.24) is 19.5 Å². The molecule has 4 rings (SSSR count). The molecule has 0 bridgehead atoms. The topological polar surface area (TPSA) is 96.7 Å². The van der Waals surface area contributed by atoms with Crippen LogP contribution in [0.5, 0.6) is 0 Å². The molecule has 0 aliphatic rings. The van der Waals surface area contributed by atoms with Gasteiger partial charge in [-0.3, -0.25) is 4.79 Å². The zero-order valence-corrected chi connectivity index (χ0v) is 22.9. The van der Waals surface area contributed by atoms with E-state index in [1.807, 2.05) is 44.2 Å². The number of benzene rings is 3. The van der Waals surface area contributed by atoms with Crippen molar-refractivity contribution in [3.63, 3.8) is 0 Å². The van der Waals surface area contributed by atoms with Crippen LogP contribution in [-0.2, 0) is 23.1 Å². The van der Waals surface area contributed by atoms with E-state index in [-0.39, 0.29) is 11.4 Å². The molecular weight excluding hydrogens is 522 g/mol. The van der Waals surface area contributed by atoms with E-state index in [9.17, 15) is 13.2 Å². The molecule has 1 amide bonds. The first kappa shape index (κ1) is 27.3. The van der Waals surface area contributed by atoms with Crippen LogP contribution in [0, 0.1) is 13.8 Å². The van der Waals surface area contributed by atoms with Gasteiger partial charge in [0.2, 0.25) is 10.0 Å². The molecule has 0 unspecified atom stereocenters. The highest BCUT2D eigenvalue weighted by molar-refractivity contribution is 7.89. The number of carbonyl (C=O) groups excluding carboxylic acids is 1. The molecule has 1 aromatic heterocycles. The third kappa shape index (κ3) is 6.36. The molecule has 8 nitrogen and oxygen atoms in total.